The van der Waals surface area contributed by atoms with E-state index < -0.39 is 6.03 Å². The molecule has 1 aliphatic carbocycles. The lowest BCUT2D eigenvalue weighted by atomic mass is 10.1. The fourth-order valence-electron chi connectivity index (χ4n) is 4.88. The molecule has 0 radical (unpaired) electrons. The van der Waals surface area contributed by atoms with Gasteiger partial charge >= 0.3 is 6.03 Å². The van der Waals surface area contributed by atoms with Crippen molar-refractivity contribution in [2.45, 2.75) is 0 Å². The van der Waals surface area contributed by atoms with E-state index >= 15 is 0 Å². The number of fused-ring (bicyclic) bond motifs is 3. The highest BCUT2D eigenvalue weighted by Crippen LogP contribution is 2.44. The van der Waals surface area contributed by atoms with Gasteiger partial charge < -0.3 is 19.9 Å². The number of hydrogen-bond donors (Lipinski definition) is 3. The van der Waals surface area contributed by atoms with Gasteiger partial charge in [-0.2, -0.15) is 5.10 Å². The van der Waals surface area contributed by atoms with Crippen molar-refractivity contribution in [1.82, 2.24) is 30.4 Å². The topological polar surface area (TPSA) is 123 Å². The third kappa shape index (κ3) is 4.42. The van der Waals surface area contributed by atoms with Crippen LogP contribution < -0.4 is 10.7 Å². The number of benzene rings is 1. The van der Waals surface area contributed by atoms with E-state index in [0.717, 1.165) is 18.0 Å². The van der Waals surface area contributed by atoms with Crippen LogP contribution in [0, 0.1) is 0 Å². The third-order valence-corrected chi connectivity index (χ3v) is 8.00. The molecule has 0 bridgehead atoms. The van der Waals surface area contributed by atoms with Crippen LogP contribution in [0.25, 0.3) is 21.8 Å². The van der Waals surface area contributed by atoms with Crippen LogP contribution in [0.4, 0.5) is 10.5 Å². The van der Waals surface area contributed by atoms with Crippen LogP contribution in [-0.4, -0.2) is 102 Å². The summed E-state index contributed by atoms with van der Waals surface area (Å²) in [4.78, 5) is 44.7. The molecule has 12 heteroatoms. The number of urea groups is 1. The second-order valence-corrected chi connectivity index (χ2v) is 10.4. The molecular weight excluding hydrogens is 494 g/mol. The second kappa shape index (κ2) is 9.71. The number of hydrogen-bond acceptors (Lipinski definition) is 8. The first kappa shape index (κ1) is 23.8. The molecule has 6 rings (SSSR count). The number of thiophene rings is 1. The first-order valence-corrected chi connectivity index (χ1v) is 13.1. The molecule has 0 spiro atoms. The van der Waals surface area contributed by atoms with Crippen molar-refractivity contribution in [3.05, 3.63) is 46.3 Å². The molecule has 2 saturated heterocycles. The van der Waals surface area contributed by atoms with E-state index in [1.807, 2.05) is 23.1 Å². The molecule has 2 fully saturated rings. The third-order valence-electron chi connectivity index (χ3n) is 6.91. The number of amides is 3. The molecular formula is C25H27N7O4S. The first-order valence-electron chi connectivity index (χ1n) is 12.2. The maximum absolute atomic E-state index is 13.6. The van der Waals surface area contributed by atoms with Gasteiger partial charge in [0.2, 0.25) is 0 Å². The van der Waals surface area contributed by atoms with E-state index in [2.05, 4.69) is 32.9 Å². The summed E-state index contributed by atoms with van der Waals surface area (Å²) < 4.78 is 5.31. The summed E-state index contributed by atoms with van der Waals surface area (Å²) in [7, 11) is 2.05. The Balaban J connectivity index is 1.23. The highest BCUT2D eigenvalue weighted by molar-refractivity contribution is 7.17. The van der Waals surface area contributed by atoms with E-state index in [4.69, 9.17) is 4.74 Å². The summed E-state index contributed by atoms with van der Waals surface area (Å²) >= 11 is 1.35. The van der Waals surface area contributed by atoms with Crippen LogP contribution in [-0.2, 0) is 4.74 Å². The highest BCUT2D eigenvalue weighted by atomic mass is 32.1. The maximum Gasteiger partial charge on any atom is 0.333 e. The van der Waals surface area contributed by atoms with Crippen molar-refractivity contribution >= 4 is 34.7 Å². The van der Waals surface area contributed by atoms with Crippen molar-refractivity contribution in [2.75, 3.05) is 64.8 Å². The minimum Gasteiger partial charge on any atom is -0.379 e. The predicted octanol–water partition coefficient (Wildman–Crippen LogP) is 2.11. The van der Waals surface area contributed by atoms with E-state index in [0.29, 0.717) is 78.0 Å². The number of anilines is 1. The number of carbonyl (C=O) groups is 3. The number of carbonyl (C=O) groups excluding carboxylic acids is 3. The van der Waals surface area contributed by atoms with Crippen LogP contribution >= 0.6 is 11.3 Å². The Hall–Kier alpha value is -3.58. The number of likely N-dealkylation sites (N-methyl/N-ethyl adjacent to an activating group) is 1. The summed E-state index contributed by atoms with van der Waals surface area (Å²) in [5.74, 6) is -0.204. The lowest BCUT2D eigenvalue weighted by Crippen LogP contribution is -2.49. The Morgan fingerprint density at radius 3 is 2.59 bits per heavy atom. The van der Waals surface area contributed by atoms with Crippen LogP contribution in [0.3, 0.4) is 0 Å². The maximum atomic E-state index is 13.6. The van der Waals surface area contributed by atoms with Gasteiger partial charge in [0.1, 0.15) is 5.69 Å². The van der Waals surface area contributed by atoms with Crippen molar-refractivity contribution < 1.29 is 19.1 Å². The van der Waals surface area contributed by atoms with Gasteiger partial charge in [-0.3, -0.25) is 20.1 Å². The molecule has 2 aliphatic heterocycles. The number of piperazine rings is 1. The fraction of sp³-hybridized carbons (Fsp3) is 0.360. The molecule has 0 unspecified atom stereocenters. The number of rotatable bonds is 4. The SMILES string of the molecule is CN1CCN(C(=O)c2ccc(-c3[nH]nc4c3C(=O)c3c(NC(=O)NN5CCOCC5)cccc3-4)s2)CC1. The fourth-order valence-corrected chi connectivity index (χ4v) is 5.86. The minimum atomic E-state index is -0.417. The Kier molecular flexibility index (Phi) is 6.24. The van der Waals surface area contributed by atoms with Crippen LogP contribution in [0.2, 0.25) is 0 Å². The van der Waals surface area contributed by atoms with Gasteiger partial charge in [0.05, 0.1) is 45.5 Å². The van der Waals surface area contributed by atoms with E-state index in [-0.39, 0.29) is 11.7 Å². The highest BCUT2D eigenvalue weighted by Gasteiger charge is 2.36. The number of hydrazine groups is 1. The first-order chi connectivity index (χ1) is 18.0. The largest absolute Gasteiger partial charge is 0.379 e. The zero-order chi connectivity index (χ0) is 25.5. The van der Waals surface area contributed by atoms with Gasteiger partial charge in [0, 0.05) is 44.8 Å². The van der Waals surface area contributed by atoms with Crippen molar-refractivity contribution in [3.8, 4) is 21.8 Å². The van der Waals surface area contributed by atoms with Gasteiger partial charge in [-0.25, -0.2) is 9.80 Å². The number of H-pyrrole nitrogens is 1. The summed E-state index contributed by atoms with van der Waals surface area (Å²) in [6.07, 6.45) is 0. The molecule has 0 saturated carbocycles. The number of aromatic nitrogens is 2. The van der Waals surface area contributed by atoms with Gasteiger partial charge in [0.25, 0.3) is 5.91 Å². The van der Waals surface area contributed by atoms with Gasteiger partial charge in [0.15, 0.2) is 5.78 Å². The van der Waals surface area contributed by atoms with Gasteiger partial charge in [-0.05, 0) is 25.2 Å². The summed E-state index contributed by atoms with van der Waals surface area (Å²) in [5, 5.41) is 12.0. The molecule has 192 valence electrons. The predicted molar refractivity (Wildman–Crippen MR) is 139 cm³/mol. The summed E-state index contributed by atoms with van der Waals surface area (Å²) in [6, 6.07) is 8.57. The Bertz CT molecular complexity index is 1370. The van der Waals surface area contributed by atoms with Crippen molar-refractivity contribution in [1.29, 1.82) is 0 Å². The average molecular weight is 522 g/mol. The van der Waals surface area contributed by atoms with Gasteiger partial charge in [-0.15, -0.1) is 11.3 Å². The number of nitrogens with one attached hydrogen (secondary N) is 3. The normalized spacial score (nSPS) is 18.0. The zero-order valence-corrected chi connectivity index (χ0v) is 21.2. The molecule has 3 aromatic rings. The lowest BCUT2D eigenvalue weighted by Gasteiger charge is -2.32. The Morgan fingerprint density at radius 1 is 1.03 bits per heavy atom. The molecule has 2 aromatic heterocycles. The second-order valence-electron chi connectivity index (χ2n) is 9.30. The monoisotopic (exact) mass is 521 g/mol. The Morgan fingerprint density at radius 2 is 1.81 bits per heavy atom. The standard InChI is InChI=1S/C25H27N7O4S/c1-30-7-9-31(10-8-30)24(34)18-6-5-17(37-18)22-20-21(27-28-22)15-3-2-4-16(19(15)23(20)33)26-25(35)29-32-11-13-36-14-12-32/h2-6H,7-14H2,1H3,(H,27,28)(H2,26,29,35). The molecule has 3 aliphatic rings. The quantitative estimate of drug-likeness (QED) is 0.376. The summed E-state index contributed by atoms with van der Waals surface area (Å²) in [6.45, 7) is 5.40. The molecule has 37 heavy (non-hydrogen) atoms. The molecule has 4 heterocycles. The van der Waals surface area contributed by atoms with Crippen LogP contribution in [0.1, 0.15) is 25.6 Å². The molecule has 11 nitrogen and oxygen atoms in total. The number of nitrogens with zero attached hydrogens (tertiary/aromatic N) is 4. The average Bonchev–Trinajstić information content (AvgIpc) is 3.62. The molecule has 1 aromatic carbocycles. The van der Waals surface area contributed by atoms with E-state index in [9.17, 15) is 14.4 Å². The number of ether oxygens (including phenoxy) is 1. The number of ketones is 1. The molecule has 3 amide bonds. The van der Waals surface area contributed by atoms with Crippen molar-refractivity contribution in [3.63, 3.8) is 0 Å². The van der Waals surface area contributed by atoms with E-state index in [1.54, 1.807) is 17.1 Å². The summed E-state index contributed by atoms with van der Waals surface area (Å²) in [5.41, 5.74) is 5.90. The minimum absolute atomic E-state index is 0.00731. The van der Waals surface area contributed by atoms with E-state index in [1.165, 1.54) is 11.3 Å². The lowest BCUT2D eigenvalue weighted by molar-refractivity contribution is 0.0207. The van der Waals surface area contributed by atoms with Crippen molar-refractivity contribution in [2.24, 2.45) is 0 Å². The van der Waals surface area contributed by atoms with Crippen LogP contribution in [0.5, 0.6) is 0 Å². The number of morpholine rings is 1. The smallest absolute Gasteiger partial charge is 0.333 e. The Labute approximate surface area is 217 Å². The molecule has 0 atom stereocenters. The molecule has 3 N–H and O–H groups in total. The van der Waals surface area contributed by atoms with Gasteiger partial charge in [-0.1, -0.05) is 12.1 Å². The number of aromatic amines is 1. The zero-order valence-electron chi connectivity index (χ0n) is 20.4. The van der Waals surface area contributed by atoms with Crippen LogP contribution in [0.15, 0.2) is 30.3 Å².